The van der Waals surface area contributed by atoms with Crippen molar-refractivity contribution in [3.63, 3.8) is 0 Å². The smallest absolute Gasteiger partial charge is 0.218 e. The standard InChI is InChI=1S/C19H24N4O.HI/c1-14-8-10-16(11-9-14)23-19(20)22-13-15-5-4-12-21-18(15)24-17-6-2-3-7-17;/h4-5,8-12,17H,2-3,6-7,13H2,1H3,(H3,20,22,23);1H. The van der Waals surface area contributed by atoms with Crippen LogP contribution in [0.5, 0.6) is 5.88 Å². The highest BCUT2D eigenvalue weighted by Crippen LogP contribution is 2.25. The third-order valence-electron chi connectivity index (χ3n) is 4.17. The van der Waals surface area contributed by atoms with Gasteiger partial charge in [-0.1, -0.05) is 23.8 Å². The van der Waals surface area contributed by atoms with Gasteiger partial charge in [0.1, 0.15) is 6.10 Å². The second kappa shape index (κ2) is 9.60. The summed E-state index contributed by atoms with van der Waals surface area (Å²) < 4.78 is 6.03. The number of halogens is 1. The number of aliphatic imine (C=N–C) groups is 1. The zero-order chi connectivity index (χ0) is 16.8. The van der Waals surface area contributed by atoms with Crippen molar-refractivity contribution in [3.8, 4) is 5.88 Å². The summed E-state index contributed by atoms with van der Waals surface area (Å²) in [5.41, 5.74) is 9.07. The number of rotatable bonds is 5. The van der Waals surface area contributed by atoms with E-state index < -0.39 is 0 Å². The van der Waals surface area contributed by atoms with Gasteiger partial charge >= 0.3 is 0 Å². The average Bonchev–Trinajstić information content (AvgIpc) is 3.09. The fourth-order valence-corrected chi connectivity index (χ4v) is 2.81. The highest BCUT2D eigenvalue weighted by Gasteiger charge is 2.18. The van der Waals surface area contributed by atoms with Gasteiger partial charge in [-0.25, -0.2) is 9.98 Å². The van der Waals surface area contributed by atoms with Crippen LogP contribution in [-0.2, 0) is 6.54 Å². The molecule has 3 rings (SSSR count). The van der Waals surface area contributed by atoms with Crippen molar-refractivity contribution in [2.24, 2.45) is 10.7 Å². The number of anilines is 1. The van der Waals surface area contributed by atoms with Crippen molar-refractivity contribution in [1.29, 1.82) is 0 Å². The minimum atomic E-state index is 0. The number of nitrogens with zero attached hydrogens (tertiary/aromatic N) is 2. The fourth-order valence-electron chi connectivity index (χ4n) is 2.81. The molecule has 1 aliphatic rings. The van der Waals surface area contributed by atoms with E-state index in [1.807, 2.05) is 36.4 Å². The Balaban J connectivity index is 0.00000225. The van der Waals surface area contributed by atoms with Gasteiger partial charge in [0.15, 0.2) is 5.96 Å². The molecule has 5 nitrogen and oxygen atoms in total. The molecule has 1 aromatic carbocycles. The van der Waals surface area contributed by atoms with Crippen LogP contribution >= 0.6 is 24.0 Å². The van der Waals surface area contributed by atoms with Crippen molar-refractivity contribution in [2.75, 3.05) is 5.32 Å². The minimum absolute atomic E-state index is 0. The van der Waals surface area contributed by atoms with Crippen molar-refractivity contribution < 1.29 is 4.74 Å². The molecule has 6 heteroatoms. The van der Waals surface area contributed by atoms with E-state index in [0.29, 0.717) is 18.4 Å². The third kappa shape index (κ3) is 5.88. The maximum atomic E-state index is 6.03. The highest BCUT2D eigenvalue weighted by molar-refractivity contribution is 14.0. The number of hydrogen-bond donors (Lipinski definition) is 2. The molecule has 0 spiro atoms. The maximum absolute atomic E-state index is 6.03. The number of benzene rings is 1. The summed E-state index contributed by atoms with van der Waals surface area (Å²) in [4.78, 5) is 8.77. The molecule has 1 fully saturated rings. The van der Waals surface area contributed by atoms with Crippen molar-refractivity contribution >= 4 is 35.6 Å². The molecule has 1 heterocycles. The predicted molar refractivity (Wildman–Crippen MR) is 113 cm³/mol. The lowest BCUT2D eigenvalue weighted by molar-refractivity contribution is 0.199. The van der Waals surface area contributed by atoms with Crippen LogP contribution in [0.1, 0.15) is 36.8 Å². The molecule has 1 aliphatic carbocycles. The molecular formula is C19H25IN4O. The zero-order valence-corrected chi connectivity index (χ0v) is 16.8. The van der Waals surface area contributed by atoms with E-state index in [-0.39, 0.29) is 30.1 Å². The molecule has 0 bridgehead atoms. The summed E-state index contributed by atoms with van der Waals surface area (Å²) in [6, 6.07) is 11.9. The molecule has 3 N–H and O–H groups in total. The number of guanidine groups is 1. The summed E-state index contributed by atoms with van der Waals surface area (Å²) in [6.45, 7) is 2.50. The summed E-state index contributed by atoms with van der Waals surface area (Å²) in [5.74, 6) is 1.06. The van der Waals surface area contributed by atoms with Gasteiger partial charge in [0.05, 0.1) is 6.54 Å². The van der Waals surface area contributed by atoms with Gasteiger partial charge in [0, 0.05) is 17.4 Å². The summed E-state index contributed by atoms with van der Waals surface area (Å²) in [5, 5.41) is 3.10. The van der Waals surface area contributed by atoms with Crippen LogP contribution in [0.3, 0.4) is 0 Å². The van der Waals surface area contributed by atoms with Crippen LogP contribution < -0.4 is 15.8 Å². The third-order valence-corrected chi connectivity index (χ3v) is 4.17. The number of nitrogens with two attached hydrogens (primary N) is 1. The van der Waals surface area contributed by atoms with Gasteiger partial charge in [0.25, 0.3) is 0 Å². The summed E-state index contributed by atoms with van der Waals surface area (Å²) in [7, 11) is 0. The number of hydrogen-bond acceptors (Lipinski definition) is 3. The molecule has 0 saturated heterocycles. The first-order valence-corrected chi connectivity index (χ1v) is 8.45. The lowest BCUT2D eigenvalue weighted by atomic mass is 10.2. The van der Waals surface area contributed by atoms with Crippen LogP contribution in [0.25, 0.3) is 0 Å². The Kier molecular flexibility index (Phi) is 7.49. The van der Waals surface area contributed by atoms with Crippen molar-refractivity contribution in [3.05, 3.63) is 53.7 Å². The molecule has 0 amide bonds. The Morgan fingerprint density at radius 1 is 1.24 bits per heavy atom. The average molecular weight is 452 g/mol. The van der Waals surface area contributed by atoms with Crippen LogP contribution in [0.15, 0.2) is 47.6 Å². The van der Waals surface area contributed by atoms with E-state index in [4.69, 9.17) is 10.5 Å². The molecule has 0 radical (unpaired) electrons. The molecule has 0 atom stereocenters. The van der Waals surface area contributed by atoms with Gasteiger partial charge in [-0.2, -0.15) is 0 Å². The molecule has 134 valence electrons. The van der Waals surface area contributed by atoms with Crippen molar-refractivity contribution in [2.45, 2.75) is 45.3 Å². The second-order valence-corrected chi connectivity index (χ2v) is 6.18. The van der Waals surface area contributed by atoms with E-state index in [2.05, 4.69) is 22.2 Å². The largest absolute Gasteiger partial charge is 0.474 e. The number of aromatic nitrogens is 1. The highest BCUT2D eigenvalue weighted by atomic mass is 127. The first-order chi connectivity index (χ1) is 11.7. The van der Waals surface area contributed by atoms with Crippen molar-refractivity contribution in [1.82, 2.24) is 4.98 Å². The SMILES string of the molecule is Cc1ccc(NC(N)=NCc2cccnc2OC2CCCC2)cc1.I. The van der Waals surface area contributed by atoms with E-state index in [1.54, 1.807) is 6.20 Å². The molecule has 2 aromatic rings. The molecule has 1 aromatic heterocycles. The van der Waals surface area contributed by atoms with Crippen LogP contribution in [-0.4, -0.2) is 17.0 Å². The predicted octanol–water partition coefficient (Wildman–Crippen LogP) is 4.26. The first-order valence-electron chi connectivity index (χ1n) is 8.45. The quantitative estimate of drug-likeness (QED) is 0.404. The first kappa shape index (κ1) is 19.5. The van der Waals surface area contributed by atoms with Crippen LogP contribution in [0.2, 0.25) is 0 Å². The van der Waals surface area contributed by atoms with Gasteiger partial charge in [-0.05, 0) is 50.8 Å². The van der Waals surface area contributed by atoms with Gasteiger partial charge in [-0.15, -0.1) is 24.0 Å². The number of aryl methyl sites for hydroxylation is 1. The normalized spacial score (nSPS) is 14.8. The van der Waals surface area contributed by atoms with Gasteiger partial charge < -0.3 is 15.8 Å². The topological polar surface area (TPSA) is 72.5 Å². The molecule has 0 unspecified atom stereocenters. The van der Waals surface area contributed by atoms with Crippen LogP contribution in [0, 0.1) is 6.92 Å². The Labute approximate surface area is 166 Å². The Hall–Kier alpha value is -1.83. The Morgan fingerprint density at radius 3 is 2.68 bits per heavy atom. The van der Waals surface area contributed by atoms with E-state index >= 15 is 0 Å². The maximum Gasteiger partial charge on any atom is 0.218 e. The molecular weight excluding hydrogens is 427 g/mol. The number of nitrogens with one attached hydrogen (secondary N) is 1. The van der Waals surface area contributed by atoms with Gasteiger partial charge in [0.2, 0.25) is 5.88 Å². The molecule has 1 saturated carbocycles. The lowest BCUT2D eigenvalue weighted by Crippen LogP contribution is -2.22. The van der Waals surface area contributed by atoms with E-state index in [9.17, 15) is 0 Å². The van der Waals surface area contributed by atoms with E-state index in [0.717, 1.165) is 24.1 Å². The van der Waals surface area contributed by atoms with Crippen LogP contribution in [0.4, 0.5) is 5.69 Å². The number of ether oxygens (including phenoxy) is 1. The Morgan fingerprint density at radius 2 is 1.96 bits per heavy atom. The van der Waals surface area contributed by atoms with E-state index in [1.165, 1.54) is 18.4 Å². The second-order valence-electron chi connectivity index (χ2n) is 6.18. The summed E-state index contributed by atoms with van der Waals surface area (Å²) in [6.07, 6.45) is 6.72. The number of pyridine rings is 1. The van der Waals surface area contributed by atoms with Gasteiger partial charge in [-0.3, -0.25) is 0 Å². The Bertz CT molecular complexity index is 697. The summed E-state index contributed by atoms with van der Waals surface area (Å²) >= 11 is 0. The fraction of sp³-hybridized carbons (Fsp3) is 0.368. The molecule has 25 heavy (non-hydrogen) atoms. The minimum Gasteiger partial charge on any atom is -0.474 e. The molecule has 0 aliphatic heterocycles. The zero-order valence-electron chi connectivity index (χ0n) is 14.4. The monoisotopic (exact) mass is 452 g/mol. The lowest BCUT2D eigenvalue weighted by Gasteiger charge is -2.14.